The van der Waals surface area contributed by atoms with Gasteiger partial charge in [-0.05, 0) is 45.8 Å². The second-order valence-corrected chi connectivity index (χ2v) is 5.73. The standard InChI is InChI=1S/C14H11BrClN3O/c15-10-5-12-13(19-14(20)18-12)6-11(10)17-7-8-1-3-9(16)4-2-8/h1-6,17H,7H2,(H2,18,19,20). The van der Waals surface area contributed by atoms with E-state index >= 15 is 0 Å². The maximum Gasteiger partial charge on any atom is 0.323 e. The van der Waals surface area contributed by atoms with Crippen molar-refractivity contribution in [2.45, 2.75) is 6.54 Å². The number of halogens is 2. The first-order valence-electron chi connectivity index (χ1n) is 6.02. The molecule has 0 bridgehead atoms. The van der Waals surface area contributed by atoms with E-state index in [0.29, 0.717) is 6.54 Å². The topological polar surface area (TPSA) is 60.7 Å². The predicted molar refractivity (Wildman–Crippen MR) is 85.4 cm³/mol. The van der Waals surface area contributed by atoms with Gasteiger partial charge in [-0.2, -0.15) is 0 Å². The van der Waals surface area contributed by atoms with Crippen molar-refractivity contribution >= 4 is 44.3 Å². The summed E-state index contributed by atoms with van der Waals surface area (Å²) in [4.78, 5) is 16.7. The largest absolute Gasteiger partial charge is 0.380 e. The smallest absolute Gasteiger partial charge is 0.323 e. The number of fused-ring (bicyclic) bond motifs is 1. The van der Waals surface area contributed by atoms with E-state index in [4.69, 9.17) is 11.6 Å². The first-order valence-corrected chi connectivity index (χ1v) is 7.19. The Bertz CT molecular complexity index is 807. The molecule has 0 aliphatic carbocycles. The number of nitrogens with one attached hydrogen (secondary N) is 3. The number of aromatic nitrogens is 2. The van der Waals surface area contributed by atoms with Crippen LogP contribution >= 0.6 is 27.5 Å². The fourth-order valence-corrected chi connectivity index (χ4v) is 2.60. The third-order valence-electron chi connectivity index (χ3n) is 3.00. The van der Waals surface area contributed by atoms with Crippen LogP contribution in [0.3, 0.4) is 0 Å². The predicted octanol–water partition coefficient (Wildman–Crippen LogP) is 3.88. The molecule has 102 valence electrons. The molecule has 6 heteroatoms. The molecule has 2 aromatic carbocycles. The minimum Gasteiger partial charge on any atom is -0.380 e. The Labute approximate surface area is 128 Å². The molecule has 0 aliphatic rings. The molecule has 1 aromatic heterocycles. The maximum absolute atomic E-state index is 11.3. The molecule has 3 aromatic rings. The lowest BCUT2D eigenvalue weighted by Crippen LogP contribution is -2.00. The van der Waals surface area contributed by atoms with Crippen LogP contribution in [0, 0.1) is 0 Å². The maximum atomic E-state index is 11.3. The zero-order valence-corrected chi connectivity index (χ0v) is 12.7. The monoisotopic (exact) mass is 351 g/mol. The number of aromatic amines is 2. The molecule has 3 N–H and O–H groups in total. The lowest BCUT2D eigenvalue weighted by molar-refractivity contribution is 1.15. The fourth-order valence-electron chi connectivity index (χ4n) is 1.99. The molecule has 4 nitrogen and oxygen atoms in total. The Kier molecular flexibility index (Phi) is 3.54. The van der Waals surface area contributed by atoms with E-state index in [1.807, 2.05) is 36.4 Å². The highest BCUT2D eigenvalue weighted by Gasteiger charge is 2.05. The summed E-state index contributed by atoms with van der Waals surface area (Å²) < 4.78 is 0.897. The molecule has 0 saturated heterocycles. The number of anilines is 1. The zero-order valence-electron chi connectivity index (χ0n) is 10.3. The summed E-state index contributed by atoms with van der Waals surface area (Å²) in [5, 5.41) is 4.05. The highest BCUT2D eigenvalue weighted by molar-refractivity contribution is 9.10. The van der Waals surface area contributed by atoms with E-state index < -0.39 is 0 Å². The van der Waals surface area contributed by atoms with Crippen LogP contribution in [0.2, 0.25) is 5.02 Å². The molecule has 0 spiro atoms. The Morgan fingerprint density at radius 2 is 1.75 bits per heavy atom. The summed E-state index contributed by atoms with van der Waals surface area (Å²) >= 11 is 9.35. The van der Waals surface area contributed by atoms with Gasteiger partial charge >= 0.3 is 5.69 Å². The summed E-state index contributed by atoms with van der Waals surface area (Å²) in [6, 6.07) is 11.4. The number of hydrogen-bond donors (Lipinski definition) is 3. The Morgan fingerprint density at radius 3 is 2.45 bits per heavy atom. The van der Waals surface area contributed by atoms with E-state index in [2.05, 4.69) is 31.2 Å². The molecule has 0 fully saturated rings. The molecular formula is C14H11BrClN3O. The second kappa shape index (κ2) is 5.34. The zero-order chi connectivity index (χ0) is 14.1. The number of imidazole rings is 1. The van der Waals surface area contributed by atoms with Gasteiger partial charge < -0.3 is 15.3 Å². The molecule has 0 amide bonds. The van der Waals surface area contributed by atoms with Crippen LogP contribution in [0.5, 0.6) is 0 Å². The van der Waals surface area contributed by atoms with Crippen molar-refractivity contribution in [1.82, 2.24) is 9.97 Å². The lowest BCUT2D eigenvalue weighted by Gasteiger charge is -2.09. The molecular weight excluding hydrogens is 342 g/mol. The van der Waals surface area contributed by atoms with Crippen molar-refractivity contribution in [3.63, 3.8) is 0 Å². The van der Waals surface area contributed by atoms with Gasteiger partial charge in [-0.1, -0.05) is 23.7 Å². The van der Waals surface area contributed by atoms with Crippen LogP contribution < -0.4 is 11.0 Å². The third kappa shape index (κ3) is 2.73. The van der Waals surface area contributed by atoms with Gasteiger partial charge in [-0.15, -0.1) is 0 Å². The van der Waals surface area contributed by atoms with Gasteiger partial charge in [0, 0.05) is 16.0 Å². The van der Waals surface area contributed by atoms with Crippen molar-refractivity contribution in [3.8, 4) is 0 Å². The fraction of sp³-hybridized carbons (Fsp3) is 0.0714. The van der Waals surface area contributed by atoms with Crippen LogP contribution in [0.25, 0.3) is 11.0 Å². The summed E-state index contributed by atoms with van der Waals surface area (Å²) in [5.74, 6) is 0. The van der Waals surface area contributed by atoms with Crippen molar-refractivity contribution < 1.29 is 0 Å². The SMILES string of the molecule is O=c1[nH]c2cc(Br)c(NCc3ccc(Cl)cc3)cc2[nH]1. The Morgan fingerprint density at radius 1 is 1.10 bits per heavy atom. The highest BCUT2D eigenvalue weighted by atomic mass is 79.9. The quantitative estimate of drug-likeness (QED) is 0.670. The van der Waals surface area contributed by atoms with Gasteiger partial charge in [0.1, 0.15) is 0 Å². The van der Waals surface area contributed by atoms with Crippen LogP contribution in [-0.2, 0) is 6.54 Å². The van der Waals surface area contributed by atoms with Gasteiger partial charge in [0.2, 0.25) is 0 Å². The molecule has 0 radical (unpaired) electrons. The summed E-state index contributed by atoms with van der Waals surface area (Å²) in [6.07, 6.45) is 0. The first kappa shape index (κ1) is 13.3. The van der Waals surface area contributed by atoms with Crippen LogP contribution in [0.1, 0.15) is 5.56 Å². The van der Waals surface area contributed by atoms with Gasteiger partial charge in [0.05, 0.1) is 16.7 Å². The molecule has 0 unspecified atom stereocenters. The normalized spacial score (nSPS) is 10.9. The van der Waals surface area contributed by atoms with E-state index in [1.165, 1.54) is 0 Å². The summed E-state index contributed by atoms with van der Waals surface area (Å²) in [7, 11) is 0. The van der Waals surface area contributed by atoms with Gasteiger partial charge in [0.25, 0.3) is 0 Å². The number of H-pyrrole nitrogens is 2. The second-order valence-electron chi connectivity index (χ2n) is 4.44. The number of benzene rings is 2. The Hall–Kier alpha value is -1.72. The van der Waals surface area contributed by atoms with Gasteiger partial charge in [-0.3, -0.25) is 0 Å². The molecule has 0 atom stereocenters. The highest BCUT2D eigenvalue weighted by Crippen LogP contribution is 2.26. The first-order chi connectivity index (χ1) is 9.61. The number of rotatable bonds is 3. The van der Waals surface area contributed by atoms with Crippen molar-refractivity contribution in [2.24, 2.45) is 0 Å². The minimum absolute atomic E-state index is 0.207. The Balaban J connectivity index is 1.84. The number of hydrogen-bond acceptors (Lipinski definition) is 2. The van der Waals surface area contributed by atoms with Crippen molar-refractivity contribution in [2.75, 3.05) is 5.32 Å². The molecule has 20 heavy (non-hydrogen) atoms. The average molecular weight is 353 g/mol. The van der Waals surface area contributed by atoms with Crippen LogP contribution in [0.4, 0.5) is 5.69 Å². The van der Waals surface area contributed by atoms with Crippen LogP contribution in [0.15, 0.2) is 45.7 Å². The molecule has 0 saturated carbocycles. The lowest BCUT2D eigenvalue weighted by atomic mass is 10.2. The molecule has 3 rings (SSSR count). The minimum atomic E-state index is -0.207. The third-order valence-corrected chi connectivity index (χ3v) is 3.91. The van der Waals surface area contributed by atoms with Crippen molar-refractivity contribution in [1.29, 1.82) is 0 Å². The van der Waals surface area contributed by atoms with E-state index in [0.717, 1.165) is 31.8 Å². The van der Waals surface area contributed by atoms with E-state index in [1.54, 1.807) is 0 Å². The van der Waals surface area contributed by atoms with Gasteiger partial charge in [0.15, 0.2) is 0 Å². The summed E-state index contributed by atoms with van der Waals surface area (Å²) in [6.45, 7) is 0.677. The van der Waals surface area contributed by atoms with E-state index in [-0.39, 0.29) is 5.69 Å². The van der Waals surface area contributed by atoms with Crippen LogP contribution in [-0.4, -0.2) is 9.97 Å². The molecule has 1 heterocycles. The molecule has 0 aliphatic heterocycles. The summed E-state index contributed by atoms with van der Waals surface area (Å²) in [5.41, 5.74) is 3.39. The average Bonchev–Trinajstić information content (AvgIpc) is 2.77. The van der Waals surface area contributed by atoms with Crippen molar-refractivity contribution in [3.05, 3.63) is 61.9 Å². The van der Waals surface area contributed by atoms with E-state index in [9.17, 15) is 4.79 Å². The van der Waals surface area contributed by atoms with Gasteiger partial charge in [-0.25, -0.2) is 4.79 Å².